The van der Waals surface area contributed by atoms with Gasteiger partial charge in [-0.15, -0.1) is 0 Å². The minimum atomic E-state index is -0.339. The Kier molecular flexibility index (Phi) is 5.41. The van der Waals surface area contributed by atoms with Gasteiger partial charge in [-0.2, -0.15) is 0 Å². The third kappa shape index (κ3) is 5.17. The molecule has 5 nitrogen and oxygen atoms in total. The van der Waals surface area contributed by atoms with Gasteiger partial charge in [-0.25, -0.2) is 14.4 Å². The van der Waals surface area contributed by atoms with E-state index < -0.39 is 0 Å². The fourth-order valence-electron chi connectivity index (χ4n) is 2.04. The Morgan fingerprint density at radius 1 is 0.920 bits per heavy atom. The second-order valence-electron chi connectivity index (χ2n) is 5.30. The van der Waals surface area contributed by atoms with Crippen molar-refractivity contribution in [1.82, 2.24) is 9.97 Å². The Balaban J connectivity index is 1.50. The zero-order valence-corrected chi connectivity index (χ0v) is 13.6. The Hall–Kier alpha value is -3.15. The molecule has 1 unspecified atom stereocenters. The number of hydrogen-bond donors (Lipinski definition) is 0. The van der Waals surface area contributed by atoms with Gasteiger partial charge in [-0.1, -0.05) is 6.07 Å². The van der Waals surface area contributed by atoms with Crippen LogP contribution < -0.4 is 14.2 Å². The molecule has 0 aliphatic heterocycles. The summed E-state index contributed by atoms with van der Waals surface area (Å²) in [4.78, 5) is 8.00. The molecule has 1 heterocycles. The van der Waals surface area contributed by atoms with Crippen LogP contribution in [0, 0.1) is 5.82 Å². The average molecular weight is 340 g/mol. The van der Waals surface area contributed by atoms with Crippen LogP contribution in [0.4, 0.5) is 4.39 Å². The molecule has 3 aromatic rings. The summed E-state index contributed by atoms with van der Waals surface area (Å²) >= 11 is 0. The maximum atomic E-state index is 13.1. The lowest BCUT2D eigenvalue weighted by atomic mass is 10.3. The average Bonchev–Trinajstić information content (AvgIpc) is 2.62. The lowest BCUT2D eigenvalue weighted by Crippen LogP contribution is -2.22. The second kappa shape index (κ2) is 8.10. The van der Waals surface area contributed by atoms with Crippen molar-refractivity contribution in [2.75, 3.05) is 6.61 Å². The molecule has 0 spiro atoms. The molecule has 0 aliphatic carbocycles. The molecule has 6 heteroatoms. The molecule has 25 heavy (non-hydrogen) atoms. The van der Waals surface area contributed by atoms with Gasteiger partial charge in [0.05, 0.1) is 0 Å². The zero-order chi connectivity index (χ0) is 17.5. The number of ether oxygens (including phenoxy) is 3. The summed E-state index contributed by atoms with van der Waals surface area (Å²) in [5.41, 5.74) is 0. The summed E-state index contributed by atoms with van der Waals surface area (Å²) in [6.07, 6.45) is 3.03. The number of halogens is 1. The van der Waals surface area contributed by atoms with Crippen molar-refractivity contribution < 1.29 is 18.6 Å². The number of benzene rings is 2. The molecule has 0 saturated heterocycles. The van der Waals surface area contributed by atoms with E-state index in [1.807, 2.05) is 6.92 Å². The topological polar surface area (TPSA) is 53.5 Å². The summed E-state index contributed by atoms with van der Waals surface area (Å²) in [6.45, 7) is 2.22. The van der Waals surface area contributed by atoms with Crippen LogP contribution in [0.2, 0.25) is 0 Å². The Morgan fingerprint density at radius 2 is 1.64 bits per heavy atom. The first kappa shape index (κ1) is 16.7. The monoisotopic (exact) mass is 340 g/mol. The SMILES string of the molecule is CC(COc1ccc(Oc2cccc(F)c2)cc1)Oc1ncccn1. The molecule has 0 amide bonds. The van der Waals surface area contributed by atoms with Crippen molar-refractivity contribution >= 4 is 0 Å². The van der Waals surface area contributed by atoms with Crippen molar-refractivity contribution in [1.29, 1.82) is 0 Å². The summed E-state index contributed by atoms with van der Waals surface area (Å²) < 4.78 is 29.9. The van der Waals surface area contributed by atoms with Gasteiger partial charge < -0.3 is 14.2 Å². The highest BCUT2D eigenvalue weighted by molar-refractivity contribution is 5.35. The van der Waals surface area contributed by atoms with E-state index in [1.165, 1.54) is 12.1 Å². The largest absolute Gasteiger partial charge is 0.490 e. The molecule has 2 aromatic carbocycles. The van der Waals surface area contributed by atoms with E-state index in [9.17, 15) is 4.39 Å². The van der Waals surface area contributed by atoms with Gasteiger partial charge in [0.25, 0.3) is 0 Å². The highest BCUT2D eigenvalue weighted by atomic mass is 19.1. The number of nitrogens with zero attached hydrogens (tertiary/aromatic N) is 2. The van der Waals surface area contributed by atoms with Crippen molar-refractivity contribution in [2.45, 2.75) is 13.0 Å². The minimum absolute atomic E-state index is 0.203. The van der Waals surface area contributed by atoms with Crippen LogP contribution >= 0.6 is 0 Å². The molecule has 0 bridgehead atoms. The second-order valence-corrected chi connectivity index (χ2v) is 5.30. The van der Waals surface area contributed by atoms with Crippen LogP contribution in [0.1, 0.15) is 6.92 Å². The van der Waals surface area contributed by atoms with E-state index >= 15 is 0 Å². The first-order valence-electron chi connectivity index (χ1n) is 7.79. The van der Waals surface area contributed by atoms with E-state index in [0.717, 1.165) is 0 Å². The van der Waals surface area contributed by atoms with Crippen LogP contribution in [-0.4, -0.2) is 22.7 Å². The van der Waals surface area contributed by atoms with Gasteiger partial charge in [-0.05, 0) is 49.4 Å². The highest BCUT2D eigenvalue weighted by Crippen LogP contribution is 2.24. The standard InChI is InChI=1S/C19H17FN2O3/c1-14(24-19-21-10-3-11-22-19)13-23-16-6-8-17(9-7-16)25-18-5-2-4-15(20)12-18/h2-12,14H,13H2,1H3. The normalized spacial score (nSPS) is 11.6. The van der Waals surface area contributed by atoms with Crippen LogP contribution in [0.15, 0.2) is 67.0 Å². The Labute approximate surface area is 145 Å². The van der Waals surface area contributed by atoms with Gasteiger partial charge in [0.2, 0.25) is 0 Å². The van der Waals surface area contributed by atoms with Gasteiger partial charge in [0.15, 0.2) is 0 Å². The number of aromatic nitrogens is 2. The molecular weight excluding hydrogens is 323 g/mol. The van der Waals surface area contributed by atoms with E-state index in [4.69, 9.17) is 14.2 Å². The number of rotatable bonds is 7. The van der Waals surface area contributed by atoms with Crippen LogP contribution in [0.3, 0.4) is 0 Å². The quantitative estimate of drug-likeness (QED) is 0.643. The molecule has 1 aromatic heterocycles. The Morgan fingerprint density at radius 3 is 2.36 bits per heavy atom. The van der Waals surface area contributed by atoms with E-state index in [-0.39, 0.29) is 11.9 Å². The van der Waals surface area contributed by atoms with Crippen LogP contribution in [-0.2, 0) is 0 Å². The maximum Gasteiger partial charge on any atom is 0.316 e. The molecule has 1 atom stereocenters. The summed E-state index contributed by atoms with van der Waals surface area (Å²) in [7, 11) is 0. The predicted molar refractivity (Wildman–Crippen MR) is 90.5 cm³/mol. The molecule has 3 rings (SSSR count). The maximum absolute atomic E-state index is 13.1. The molecular formula is C19H17FN2O3. The van der Waals surface area contributed by atoms with Crippen LogP contribution in [0.25, 0.3) is 0 Å². The van der Waals surface area contributed by atoms with Crippen molar-refractivity contribution in [3.63, 3.8) is 0 Å². The summed E-state index contributed by atoms with van der Waals surface area (Å²) in [6, 6.07) is 15.1. The highest BCUT2D eigenvalue weighted by Gasteiger charge is 2.07. The summed E-state index contributed by atoms with van der Waals surface area (Å²) in [5, 5.41) is 0. The first-order chi connectivity index (χ1) is 12.2. The molecule has 0 aliphatic rings. The molecule has 0 saturated carbocycles. The van der Waals surface area contributed by atoms with E-state index in [2.05, 4.69) is 9.97 Å². The zero-order valence-electron chi connectivity index (χ0n) is 13.6. The first-order valence-corrected chi connectivity index (χ1v) is 7.79. The molecule has 128 valence electrons. The summed E-state index contributed by atoms with van der Waals surface area (Å²) in [5.74, 6) is 1.38. The fourth-order valence-corrected chi connectivity index (χ4v) is 2.04. The van der Waals surface area contributed by atoms with Gasteiger partial charge in [0.1, 0.15) is 35.8 Å². The fraction of sp³-hybridized carbons (Fsp3) is 0.158. The predicted octanol–water partition coefficient (Wildman–Crippen LogP) is 4.25. The molecule has 0 fully saturated rings. The number of hydrogen-bond acceptors (Lipinski definition) is 5. The lowest BCUT2D eigenvalue weighted by molar-refractivity contribution is 0.132. The smallest absolute Gasteiger partial charge is 0.316 e. The molecule has 0 radical (unpaired) electrons. The van der Waals surface area contributed by atoms with E-state index in [1.54, 1.807) is 54.9 Å². The van der Waals surface area contributed by atoms with E-state index in [0.29, 0.717) is 29.9 Å². The van der Waals surface area contributed by atoms with Crippen molar-refractivity contribution in [2.24, 2.45) is 0 Å². The molecule has 0 N–H and O–H groups in total. The van der Waals surface area contributed by atoms with Gasteiger partial charge in [-0.3, -0.25) is 0 Å². The Bertz CT molecular complexity index is 797. The van der Waals surface area contributed by atoms with Gasteiger partial charge in [0, 0.05) is 18.5 Å². The minimum Gasteiger partial charge on any atom is -0.490 e. The van der Waals surface area contributed by atoms with Crippen molar-refractivity contribution in [3.05, 3.63) is 72.8 Å². The third-order valence-electron chi connectivity index (χ3n) is 3.19. The lowest BCUT2D eigenvalue weighted by Gasteiger charge is -2.14. The van der Waals surface area contributed by atoms with Crippen LogP contribution in [0.5, 0.6) is 23.3 Å². The van der Waals surface area contributed by atoms with Gasteiger partial charge >= 0.3 is 6.01 Å². The third-order valence-corrected chi connectivity index (χ3v) is 3.19. The van der Waals surface area contributed by atoms with Crippen molar-refractivity contribution in [3.8, 4) is 23.3 Å².